The molecule has 0 spiro atoms. The standard InChI is InChI=1S/C15H13BrN2O2/c16-11-7-9(5-6-12(11)17)15(19)18-13-8-20-14-4-2-1-3-10(13)14/h1-7,13H,8,17H2,(H,18,19). The monoisotopic (exact) mass is 332 g/mol. The van der Waals surface area contributed by atoms with Crippen molar-refractivity contribution in [2.24, 2.45) is 0 Å². The average molecular weight is 333 g/mol. The van der Waals surface area contributed by atoms with Gasteiger partial charge in [0.15, 0.2) is 0 Å². The molecule has 0 fully saturated rings. The normalized spacial score (nSPS) is 16.4. The van der Waals surface area contributed by atoms with E-state index in [0.29, 0.717) is 22.3 Å². The zero-order valence-corrected chi connectivity index (χ0v) is 12.2. The van der Waals surface area contributed by atoms with Gasteiger partial charge in [0.1, 0.15) is 12.4 Å². The van der Waals surface area contributed by atoms with E-state index in [-0.39, 0.29) is 11.9 Å². The van der Waals surface area contributed by atoms with E-state index in [1.54, 1.807) is 18.2 Å². The molecule has 1 aliphatic heterocycles. The predicted octanol–water partition coefficient (Wildman–Crippen LogP) is 2.89. The number of nitrogens with two attached hydrogens (primary N) is 1. The summed E-state index contributed by atoms with van der Waals surface area (Å²) in [6.45, 7) is 0.460. The Kier molecular flexibility index (Phi) is 3.36. The van der Waals surface area contributed by atoms with Crippen molar-refractivity contribution < 1.29 is 9.53 Å². The van der Waals surface area contributed by atoms with Gasteiger partial charge in [0, 0.05) is 21.3 Å². The molecule has 1 aliphatic rings. The first kappa shape index (κ1) is 13.0. The average Bonchev–Trinajstić information content (AvgIpc) is 2.85. The molecule has 0 bridgehead atoms. The van der Waals surface area contributed by atoms with Crippen LogP contribution in [-0.4, -0.2) is 12.5 Å². The predicted molar refractivity (Wildman–Crippen MR) is 80.7 cm³/mol. The maximum Gasteiger partial charge on any atom is 0.251 e. The minimum atomic E-state index is -0.143. The Morgan fingerprint density at radius 1 is 1.30 bits per heavy atom. The van der Waals surface area contributed by atoms with Crippen molar-refractivity contribution in [3.63, 3.8) is 0 Å². The summed E-state index contributed by atoms with van der Waals surface area (Å²) in [5.41, 5.74) is 7.90. The fourth-order valence-corrected chi connectivity index (χ4v) is 2.57. The van der Waals surface area contributed by atoms with Crippen molar-refractivity contribution in [1.29, 1.82) is 0 Å². The van der Waals surface area contributed by atoms with Crippen LogP contribution in [0.25, 0.3) is 0 Å². The van der Waals surface area contributed by atoms with Gasteiger partial charge < -0.3 is 15.8 Å². The molecule has 0 saturated carbocycles. The maximum absolute atomic E-state index is 12.2. The number of hydrogen-bond acceptors (Lipinski definition) is 3. The summed E-state index contributed by atoms with van der Waals surface area (Å²) in [5, 5.41) is 2.97. The lowest BCUT2D eigenvalue weighted by Gasteiger charge is -2.12. The van der Waals surface area contributed by atoms with Crippen molar-refractivity contribution in [3.8, 4) is 5.75 Å². The number of hydrogen-bond donors (Lipinski definition) is 2. The van der Waals surface area contributed by atoms with Crippen LogP contribution in [0.1, 0.15) is 22.0 Å². The zero-order chi connectivity index (χ0) is 14.1. The van der Waals surface area contributed by atoms with Gasteiger partial charge in [-0.2, -0.15) is 0 Å². The van der Waals surface area contributed by atoms with E-state index in [2.05, 4.69) is 21.2 Å². The summed E-state index contributed by atoms with van der Waals surface area (Å²) >= 11 is 3.32. The second-order valence-electron chi connectivity index (χ2n) is 4.61. The first-order valence-corrected chi connectivity index (χ1v) is 7.02. The Morgan fingerprint density at radius 2 is 2.10 bits per heavy atom. The van der Waals surface area contributed by atoms with Crippen LogP contribution in [0.4, 0.5) is 5.69 Å². The molecule has 0 aliphatic carbocycles. The van der Waals surface area contributed by atoms with E-state index in [9.17, 15) is 4.79 Å². The summed E-state index contributed by atoms with van der Waals surface area (Å²) in [6, 6.07) is 12.7. The number of nitrogen functional groups attached to an aromatic ring is 1. The van der Waals surface area contributed by atoms with Crippen LogP contribution in [0.15, 0.2) is 46.9 Å². The highest BCUT2D eigenvalue weighted by molar-refractivity contribution is 9.10. The highest BCUT2D eigenvalue weighted by Crippen LogP contribution is 2.32. The second kappa shape index (κ2) is 5.17. The quantitative estimate of drug-likeness (QED) is 0.831. The van der Waals surface area contributed by atoms with E-state index >= 15 is 0 Å². The van der Waals surface area contributed by atoms with Gasteiger partial charge in [0.05, 0.1) is 6.04 Å². The molecule has 1 amide bonds. The Balaban J connectivity index is 1.79. The molecular formula is C15H13BrN2O2. The van der Waals surface area contributed by atoms with Gasteiger partial charge in [0.2, 0.25) is 0 Å². The van der Waals surface area contributed by atoms with Gasteiger partial charge in [-0.3, -0.25) is 4.79 Å². The van der Waals surface area contributed by atoms with Gasteiger partial charge in [0.25, 0.3) is 5.91 Å². The molecule has 0 aromatic heterocycles. The molecule has 2 aromatic carbocycles. The lowest BCUT2D eigenvalue weighted by Crippen LogP contribution is -2.29. The topological polar surface area (TPSA) is 64.4 Å². The SMILES string of the molecule is Nc1ccc(C(=O)NC2COc3ccccc32)cc1Br. The third-order valence-electron chi connectivity index (χ3n) is 3.27. The van der Waals surface area contributed by atoms with Gasteiger partial charge in [-0.05, 0) is 40.2 Å². The summed E-state index contributed by atoms with van der Waals surface area (Å²) in [5.74, 6) is 0.687. The van der Waals surface area contributed by atoms with Gasteiger partial charge in [-0.1, -0.05) is 18.2 Å². The number of carbonyl (C=O) groups excluding carboxylic acids is 1. The van der Waals surface area contributed by atoms with Gasteiger partial charge in [-0.15, -0.1) is 0 Å². The largest absolute Gasteiger partial charge is 0.491 e. The van der Waals surface area contributed by atoms with Crippen molar-refractivity contribution in [3.05, 3.63) is 58.1 Å². The number of nitrogens with one attached hydrogen (secondary N) is 1. The van der Waals surface area contributed by atoms with Crippen LogP contribution >= 0.6 is 15.9 Å². The van der Waals surface area contributed by atoms with E-state index in [1.165, 1.54) is 0 Å². The van der Waals surface area contributed by atoms with Crippen LogP contribution in [0.3, 0.4) is 0 Å². The van der Waals surface area contributed by atoms with Crippen LogP contribution in [0.5, 0.6) is 5.75 Å². The fourth-order valence-electron chi connectivity index (χ4n) is 2.19. The number of anilines is 1. The molecule has 2 aromatic rings. The molecule has 20 heavy (non-hydrogen) atoms. The second-order valence-corrected chi connectivity index (χ2v) is 5.47. The third kappa shape index (κ3) is 2.36. The smallest absolute Gasteiger partial charge is 0.251 e. The van der Waals surface area contributed by atoms with Crippen LogP contribution < -0.4 is 15.8 Å². The summed E-state index contributed by atoms with van der Waals surface area (Å²) in [6.07, 6.45) is 0. The molecule has 4 nitrogen and oxygen atoms in total. The lowest BCUT2D eigenvalue weighted by atomic mass is 10.1. The van der Waals surface area contributed by atoms with Crippen molar-refractivity contribution in [2.45, 2.75) is 6.04 Å². The van der Waals surface area contributed by atoms with Crippen molar-refractivity contribution in [2.75, 3.05) is 12.3 Å². The third-order valence-corrected chi connectivity index (χ3v) is 3.95. The summed E-state index contributed by atoms with van der Waals surface area (Å²) in [4.78, 5) is 12.2. The van der Waals surface area contributed by atoms with Gasteiger partial charge >= 0.3 is 0 Å². The number of para-hydroxylation sites is 1. The van der Waals surface area contributed by atoms with Crippen LogP contribution in [0, 0.1) is 0 Å². The zero-order valence-electron chi connectivity index (χ0n) is 10.6. The van der Waals surface area contributed by atoms with Crippen LogP contribution in [-0.2, 0) is 0 Å². The maximum atomic E-state index is 12.2. The first-order valence-electron chi connectivity index (χ1n) is 6.23. The molecule has 1 unspecified atom stereocenters. The van der Waals surface area contributed by atoms with Gasteiger partial charge in [-0.25, -0.2) is 0 Å². The molecule has 0 radical (unpaired) electrons. The van der Waals surface area contributed by atoms with E-state index in [1.807, 2.05) is 24.3 Å². The summed E-state index contributed by atoms with van der Waals surface area (Å²) in [7, 11) is 0. The number of rotatable bonds is 2. The Hall–Kier alpha value is -2.01. The Labute approximate surface area is 125 Å². The molecular weight excluding hydrogens is 320 g/mol. The van der Waals surface area contributed by atoms with E-state index in [0.717, 1.165) is 11.3 Å². The number of ether oxygens (including phenoxy) is 1. The minimum absolute atomic E-state index is 0.116. The number of benzene rings is 2. The summed E-state index contributed by atoms with van der Waals surface area (Å²) < 4.78 is 6.26. The Morgan fingerprint density at radius 3 is 2.90 bits per heavy atom. The van der Waals surface area contributed by atoms with Crippen LogP contribution in [0.2, 0.25) is 0 Å². The fraction of sp³-hybridized carbons (Fsp3) is 0.133. The molecule has 102 valence electrons. The lowest BCUT2D eigenvalue weighted by molar-refractivity contribution is 0.0930. The molecule has 1 atom stereocenters. The number of halogens is 1. The van der Waals surface area contributed by atoms with E-state index < -0.39 is 0 Å². The van der Waals surface area contributed by atoms with E-state index in [4.69, 9.17) is 10.5 Å². The molecule has 0 saturated heterocycles. The first-order chi connectivity index (χ1) is 9.65. The van der Waals surface area contributed by atoms with Crippen molar-refractivity contribution >= 4 is 27.5 Å². The molecule has 5 heteroatoms. The molecule has 3 N–H and O–H groups in total. The van der Waals surface area contributed by atoms with Crippen molar-refractivity contribution in [1.82, 2.24) is 5.32 Å². The number of amides is 1. The Bertz CT molecular complexity index is 673. The number of carbonyl (C=O) groups is 1. The highest BCUT2D eigenvalue weighted by atomic mass is 79.9. The minimum Gasteiger partial charge on any atom is -0.491 e. The molecule has 1 heterocycles. The number of fused-ring (bicyclic) bond motifs is 1. The highest BCUT2D eigenvalue weighted by Gasteiger charge is 2.25. The molecule has 3 rings (SSSR count).